The van der Waals surface area contributed by atoms with E-state index in [2.05, 4.69) is 15.8 Å². The van der Waals surface area contributed by atoms with Crippen molar-refractivity contribution in [2.45, 2.75) is 12.3 Å². The monoisotopic (exact) mass is 479 g/mol. The Hall–Kier alpha value is -3.59. The number of methoxy groups -OCH3 is 1. The first-order chi connectivity index (χ1) is 16.9. The molecule has 2 heterocycles. The second-order valence-corrected chi connectivity index (χ2v) is 9.26. The Morgan fingerprint density at radius 3 is 2.71 bits per heavy atom. The lowest BCUT2D eigenvalue weighted by molar-refractivity contribution is -0.121. The summed E-state index contributed by atoms with van der Waals surface area (Å²) < 4.78 is 11.4. The number of ether oxygens (including phenoxy) is 2. The number of fused-ring (bicyclic) bond motifs is 1. The zero-order chi connectivity index (χ0) is 24.9. The van der Waals surface area contributed by atoms with E-state index in [1.807, 2.05) is 55.5 Å². The van der Waals surface area contributed by atoms with Gasteiger partial charge in [0.1, 0.15) is 18.1 Å². The number of carbonyl (C=O) groups is 2. The molecule has 2 amide bonds. The number of hydrazone groups is 1. The molecule has 2 aromatic carbocycles. The zero-order valence-electron chi connectivity index (χ0n) is 20.7. The predicted molar refractivity (Wildman–Crippen MR) is 136 cm³/mol. The van der Waals surface area contributed by atoms with E-state index in [9.17, 15) is 9.59 Å². The molecule has 9 nitrogen and oxygen atoms in total. The maximum Gasteiger partial charge on any atom is 0.253 e. The lowest BCUT2D eigenvalue weighted by atomic mass is 9.94. The van der Waals surface area contributed by atoms with Crippen LogP contribution in [0.4, 0.5) is 5.69 Å². The Kier molecular flexibility index (Phi) is 7.55. The fraction of sp³-hybridized carbons (Fsp3) is 0.423. The average molecular weight is 480 g/mol. The molecule has 2 N–H and O–H groups in total. The Labute approximate surface area is 206 Å². The maximum atomic E-state index is 13.1. The molecule has 2 aliphatic rings. The number of nitrogens with zero attached hydrogens (tertiary/aromatic N) is 3. The molecule has 0 fully saturated rings. The van der Waals surface area contributed by atoms with Crippen LogP contribution in [0.2, 0.25) is 0 Å². The number of carbonyl (C=O) groups excluding carboxylic acids is 2. The van der Waals surface area contributed by atoms with Gasteiger partial charge in [-0.3, -0.25) is 9.59 Å². The van der Waals surface area contributed by atoms with Gasteiger partial charge < -0.3 is 30.0 Å². The van der Waals surface area contributed by atoms with E-state index in [-0.39, 0.29) is 30.3 Å². The van der Waals surface area contributed by atoms with Crippen molar-refractivity contribution in [1.82, 2.24) is 15.2 Å². The van der Waals surface area contributed by atoms with Crippen molar-refractivity contribution in [3.63, 3.8) is 0 Å². The van der Waals surface area contributed by atoms with Crippen LogP contribution in [0.5, 0.6) is 11.5 Å². The van der Waals surface area contributed by atoms with Crippen LogP contribution < -0.4 is 20.2 Å². The summed E-state index contributed by atoms with van der Waals surface area (Å²) in [5.41, 5.74) is 6.09. The van der Waals surface area contributed by atoms with Crippen molar-refractivity contribution in [3.8, 4) is 11.5 Å². The number of hydrogen-bond acceptors (Lipinski definition) is 7. The number of hydrogen-bond donors (Lipinski definition) is 2. The van der Waals surface area contributed by atoms with Crippen LogP contribution in [0.15, 0.2) is 41.5 Å². The van der Waals surface area contributed by atoms with Crippen molar-refractivity contribution in [2.75, 3.05) is 59.8 Å². The van der Waals surface area contributed by atoms with Crippen LogP contribution in [0.25, 0.3) is 0 Å². The number of rotatable bonds is 8. The van der Waals surface area contributed by atoms with Crippen LogP contribution in [-0.4, -0.2) is 82.3 Å². The van der Waals surface area contributed by atoms with Crippen LogP contribution in [0.3, 0.4) is 0 Å². The van der Waals surface area contributed by atoms with E-state index in [4.69, 9.17) is 9.47 Å². The Morgan fingerprint density at radius 1 is 1.17 bits per heavy atom. The minimum atomic E-state index is -0.380. The van der Waals surface area contributed by atoms with Crippen molar-refractivity contribution in [3.05, 3.63) is 53.1 Å². The Bertz CT molecular complexity index is 1120. The zero-order valence-corrected chi connectivity index (χ0v) is 20.7. The summed E-state index contributed by atoms with van der Waals surface area (Å²) in [7, 11) is 7.34. The van der Waals surface area contributed by atoms with E-state index >= 15 is 0 Å². The molecule has 2 aliphatic heterocycles. The van der Waals surface area contributed by atoms with Crippen LogP contribution in [0.1, 0.15) is 27.4 Å². The van der Waals surface area contributed by atoms with Gasteiger partial charge in [-0.1, -0.05) is 6.07 Å². The van der Waals surface area contributed by atoms with E-state index in [1.165, 1.54) is 0 Å². The minimum Gasteiger partial charge on any atom is -0.495 e. The summed E-state index contributed by atoms with van der Waals surface area (Å²) in [4.78, 5) is 29.7. The summed E-state index contributed by atoms with van der Waals surface area (Å²) in [6.45, 7) is 2.44. The second-order valence-electron chi connectivity index (χ2n) is 9.26. The topological polar surface area (TPSA) is 95.5 Å². The van der Waals surface area contributed by atoms with E-state index in [1.54, 1.807) is 25.1 Å². The SMILES string of the molecule is COc1cc(C2C=NNC2)ccc1NC(=O)C1COc2ccc(C(=O)N(C)CCN(C)C)cc2C1. The molecular formula is C26H33N5O4. The van der Waals surface area contributed by atoms with Gasteiger partial charge in [0.2, 0.25) is 5.91 Å². The molecule has 0 spiro atoms. The fourth-order valence-corrected chi connectivity index (χ4v) is 4.19. The first-order valence-corrected chi connectivity index (χ1v) is 11.8. The predicted octanol–water partition coefficient (Wildman–Crippen LogP) is 2.19. The normalized spacial score (nSPS) is 18.4. The van der Waals surface area contributed by atoms with Gasteiger partial charge in [-0.25, -0.2) is 0 Å². The number of anilines is 1. The molecule has 2 atom stereocenters. The quantitative estimate of drug-likeness (QED) is 0.603. The fourth-order valence-electron chi connectivity index (χ4n) is 4.19. The molecule has 4 rings (SSSR count). The number of likely N-dealkylation sites (N-methyl/N-ethyl adjacent to an activating group) is 2. The highest BCUT2D eigenvalue weighted by atomic mass is 16.5. The molecule has 2 aromatic rings. The van der Waals surface area contributed by atoms with E-state index < -0.39 is 0 Å². The average Bonchev–Trinajstić information content (AvgIpc) is 3.41. The molecule has 2 unspecified atom stereocenters. The Balaban J connectivity index is 1.43. The third kappa shape index (κ3) is 5.74. The lowest BCUT2D eigenvalue weighted by Crippen LogP contribution is -2.34. The number of nitrogens with one attached hydrogen (secondary N) is 2. The van der Waals surface area contributed by atoms with E-state index in [0.717, 1.165) is 30.0 Å². The summed E-state index contributed by atoms with van der Waals surface area (Å²) in [6.07, 6.45) is 2.36. The number of amides is 2. The summed E-state index contributed by atoms with van der Waals surface area (Å²) >= 11 is 0. The molecule has 0 aromatic heterocycles. The van der Waals surface area contributed by atoms with E-state index in [0.29, 0.717) is 30.0 Å². The molecule has 186 valence electrons. The number of benzene rings is 2. The minimum absolute atomic E-state index is 0.0476. The Morgan fingerprint density at radius 2 is 2.00 bits per heavy atom. The third-order valence-corrected chi connectivity index (χ3v) is 6.38. The van der Waals surface area contributed by atoms with Crippen molar-refractivity contribution in [2.24, 2.45) is 11.0 Å². The molecule has 35 heavy (non-hydrogen) atoms. The largest absolute Gasteiger partial charge is 0.495 e. The maximum absolute atomic E-state index is 13.1. The summed E-state index contributed by atoms with van der Waals surface area (Å²) in [5, 5.41) is 7.05. The molecule has 0 aliphatic carbocycles. The molecule has 0 saturated carbocycles. The molecule has 9 heteroatoms. The second kappa shape index (κ2) is 10.8. The third-order valence-electron chi connectivity index (χ3n) is 6.38. The summed E-state index contributed by atoms with van der Waals surface area (Å²) in [5.74, 6) is 0.919. The standard InChI is InChI=1S/C26H33N5O4/c1-30(2)9-10-31(3)26(33)18-6-8-23-19(11-18)12-20(16-35-23)25(32)29-22-7-5-17(13-24(22)34-4)21-14-27-28-15-21/h5-8,11,13-14,20-21,28H,9-10,12,15-16H2,1-4H3,(H,29,32). The van der Waals surface area contributed by atoms with Crippen LogP contribution >= 0.6 is 0 Å². The molecule has 0 saturated heterocycles. The van der Waals surface area contributed by atoms with Gasteiger partial charge in [-0.05, 0) is 62.0 Å². The van der Waals surface area contributed by atoms with Crippen LogP contribution in [0, 0.1) is 5.92 Å². The molecule has 0 radical (unpaired) electrons. The highest BCUT2D eigenvalue weighted by Crippen LogP contribution is 2.32. The highest BCUT2D eigenvalue weighted by molar-refractivity contribution is 5.96. The lowest BCUT2D eigenvalue weighted by Gasteiger charge is -2.26. The smallest absolute Gasteiger partial charge is 0.253 e. The van der Waals surface area contributed by atoms with Gasteiger partial charge in [0.15, 0.2) is 0 Å². The highest BCUT2D eigenvalue weighted by Gasteiger charge is 2.28. The van der Waals surface area contributed by atoms with Crippen molar-refractivity contribution in [1.29, 1.82) is 0 Å². The van der Waals surface area contributed by atoms with Gasteiger partial charge in [0, 0.05) is 44.4 Å². The molecular weight excluding hydrogens is 446 g/mol. The first-order valence-electron chi connectivity index (χ1n) is 11.8. The van der Waals surface area contributed by atoms with Crippen molar-refractivity contribution < 1.29 is 19.1 Å². The van der Waals surface area contributed by atoms with Gasteiger partial charge in [0.05, 0.1) is 18.7 Å². The van der Waals surface area contributed by atoms with Crippen molar-refractivity contribution >= 4 is 23.7 Å². The van der Waals surface area contributed by atoms with Gasteiger partial charge in [0.25, 0.3) is 5.91 Å². The van der Waals surface area contributed by atoms with Crippen LogP contribution in [-0.2, 0) is 11.2 Å². The molecule has 0 bridgehead atoms. The summed E-state index contributed by atoms with van der Waals surface area (Å²) in [6, 6.07) is 11.2. The van der Waals surface area contributed by atoms with Gasteiger partial charge >= 0.3 is 0 Å². The van der Waals surface area contributed by atoms with Gasteiger partial charge in [-0.15, -0.1) is 0 Å². The van der Waals surface area contributed by atoms with Gasteiger partial charge in [-0.2, -0.15) is 5.10 Å². The first kappa shape index (κ1) is 24.5.